The average molecular weight is 222 g/mol. The Balaban J connectivity index is 3.58. The lowest BCUT2D eigenvalue weighted by Crippen LogP contribution is -1.97. The molecule has 0 spiro atoms. The Morgan fingerprint density at radius 3 is 2.62 bits per heavy atom. The van der Waals surface area contributed by atoms with E-state index >= 15 is 0 Å². The van der Waals surface area contributed by atoms with Gasteiger partial charge in [-0.25, -0.2) is 4.79 Å². The first-order chi connectivity index (χ1) is 7.70. The highest BCUT2D eigenvalue weighted by atomic mass is 16.5. The summed E-state index contributed by atoms with van der Waals surface area (Å²) in [7, 11) is 1.32. The number of ether oxygens (including phenoxy) is 1. The smallest absolute Gasteiger partial charge is 0.330 e. The maximum atomic E-state index is 11.3. The van der Waals surface area contributed by atoms with Gasteiger partial charge in [0.1, 0.15) is 5.78 Å². The van der Waals surface area contributed by atoms with E-state index in [9.17, 15) is 9.59 Å². The fourth-order valence-corrected chi connectivity index (χ4v) is 1.03. The molecule has 3 heteroatoms. The Hall–Kier alpha value is -1.56. The molecule has 16 heavy (non-hydrogen) atoms. The van der Waals surface area contributed by atoms with Crippen LogP contribution >= 0.6 is 0 Å². The summed E-state index contributed by atoms with van der Waals surface area (Å²) in [5, 5.41) is 0. The molecule has 0 heterocycles. The zero-order valence-electron chi connectivity index (χ0n) is 9.91. The molecule has 0 amide bonds. The Kier molecular flexibility index (Phi) is 9.00. The number of esters is 1. The topological polar surface area (TPSA) is 43.4 Å². The normalized spacial score (nSPS) is 9.62. The molecule has 0 N–H and O–H groups in total. The number of hydrogen-bond donors (Lipinski definition) is 0. The van der Waals surface area contributed by atoms with E-state index in [1.54, 1.807) is 6.08 Å². The van der Waals surface area contributed by atoms with Crippen molar-refractivity contribution in [3.8, 4) is 11.8 Å². The van der Waals surface area contributed by atoms with Crippen LogP contribution in [0.25, 0.3) is 0 Å². The molecule has 0 aliphatic rings. The van der Waals surface area contributed by atoms with E-state index in [1.165, 1.54) is 13.2 Å². The zero-order valence-corrected chi connectivity index (χ0v) is 9.91. The summed E-state index contributed by atoms with van der Waals surface area (Å²) in [4.78, 5) is 22.0. The van der Waals surface area contributed by atoms with Gasteiger partial charge in [-0.3, -0.25) is 4.79 Å². The van der Waals surface area contributed by atoms with Crippen LogP contribution in [0.3, 0.4) is 0 Å². The number of carbonyl (C=O) groups is 2. The molecule has 0 atom stereocenters. The highest BCUT2D eigenvalue weighted by molar-refractivity contribution is 5.82. The summed E-state index contributed by atoms with van der Waals surface area (Å²) >= 11 is 0. The van der Waals surface area contributed by atoms with Crippen LogP contribution in [-0.4, -0.2) is 18.9 Å². The molecule has 0 bridgehead atoms. The second-order valence-corrected chi connectivity index (χ2v) is 3.21. The second kappa shape index (κ2) is 9.97. The van der Waals surface area contributed by atoms with E-state index in [0.29, 0.717) is 25.7 Å². The van der Waals surface area contributed by atoms with Crippen LogP contribution in [0.4, 0.5) is 0 Å². The first-order valence-corrected chi connectivity index (χ1v) is 5.42. The van der Waals surface area contributed by atoms with Crippen LogP contribution in [0.1, 0.15) is 39.0 Å². The highest BCUT2D eigenvalue weighted by Crippen LogP contribution is 1.99. The van der Waals surface area contributed by atoms with Gasteiger partial charge in [0.05, 0.1) is 7.11 Å². The molecule has 0 saturated carbocycles. The predicted molar refractivity (Wildman–Crippen MR) is 62.7 cm³/mol. The van der Waals surface area contributed by atoms with Gasteiger partial charge in [-0.1, -0.05) is 13.0 Å². The molecule has 3 nitrogen and oxygen atoms in total. The van der Waals surface area contributed by atoms with Crippen LogP contribution in [0.15, 0.2) is 12.2 Å². The fourth-order valence-electron chi connectivity index (χ4n) is 1.03. The van der Waals surface area contributed by atoms with Crippen molar-refractivity contribution in [1.82, 2.24) is 0 Å². The molecule has 0 rings (SSSR count). The molecule has 0 aromatic heterocycles. The van der Waals surface area contributed by atoms with Gasteiger partial charge < -0.3 is 4.74 Å². The number of Topliss-reactive ketones (excluding diaryl/α,β-unsaturated/α-hetero) is 1. The van der Waals surface area contributed by atoms with Gasteiger partial charge in [0.25, 0.3) is 0 Å². The van der Waals surface area contributed by atoms with Gasteiger partial charge in [0, 0.05) is 31.8 Å². The van der Waals surface area contributed by atoms with E-state index in [1.807, 2.05) is 6.92 Å². The van der Waals surface area contributed by atoms with Crippen LogP contribution < -0.4 is 0 Å². The summed E-state index contributed by atoms with van der Waals surface area (Å²) in [6.45, 7) is 1.98. The standard InChI is InChI=1S/C13H18O3/c1-3-4-5-6-9-12(14)10-7-8-11-13(15)16-2/h8,11H,3,6-7,9-10H2,1-2H3. The zero-order chi connectivity index (χ0) is 12.2. The summed E-state index contributed by atoms with van der Waals surface area (Å²) < 4.78 is 4.42. The summed E-state index contributed by atoms with van der Waals surface area (Å²) in [6, 6.07) is 0. The molecule has 0 fully saturated rings. The summed E-state index contributed by atoms with van der Waals surface area (Å²) in [5.41, 5.74) is 0. The molecule has 0 unspecified atom stereocenters. The number of methoxy groups -OCH3 is 1. The third-order valence-electron chi connectivity index (χ3n) is 1.88. The Bertz CT molecular complexity index is 305. The number of hydrogen-bond acceptors (Lipinski definition) is 3. The van der Waals surface area contributed by atoms with Crippen molar-refractivity contribution in [2.45, 2.75) is 39.0 Å². The third-order valence-corrected chi connectivity index (χ3v) is 1.88. The molecule has 0 saturated heterocycles. The Morgan fingerprint density at radius 1 is 1.25 bits per heavy atom. The molecular formula is C13H18O3. The number of allylic oxidation sites excluding steroid dienone is 1. The molecule has 0 aliphatic carbocycles. The van der Waals surface area contributed by atoms with Gasteiger partial charge in [0.2, 0.25) is 0 Å². The lowest BCUT2D eigenvalue weighted by Gasteiger charge is -1.94. The lowest BCUT2D eigenvalue weighted by atomic mass is 10.1. The number of rotatable bonds is 6. The third kappa shape index (κ3) is 9.01. The lowest BCUT2D eigenvalue weighted by molar-refractivity contribution is -0.134. The maximum absolute atomic E-state index is 11.3. The van der Waals surface area contributed by atoms with Crippen LogP contribution in [0.5, 0.6) is 0 Å². The van der Waals surface area contributed by atoms with Crippen molar-refractivity contribution in [1.29, 1.82) is 0 Å². The van der Waals surface area contributed by atoms with Crippen molar-refractivity contribution >= 4 is 11.8 Å². The molecule has 0 aromatic carbocycles. The average Bonchev–Trinajstić information content (AvgIpc) is 2.30. The minimum Gasteiger partial charge on any atom is -0.466 e. The second-order valence-electron chi connectivity index (χ2n) is 3.21. The molecule has 0 radical (unpaired) electrons. The monoisotopic (exact) mass is 222 g/mol. The van der Waals surface area contributed by atoms with Gasteiger partial charge in [-0.2, -0.15) is 0 Å². The Labute approximate surface area is 96.9 Å². The van der Waals surface area contributed by atoms with E-state index in [2.05, 4.69) is 16.6 Å². The number of carbonyl (C=O) groups excluding carboxylic acids is 2. The largest absolute Gasteiger partial charge is 0.466 e. The Morgan fingerprint density at radius 2 is 2.00 bits per heavy atom. The molecule has 0 aromatic rings. The quantitative estimate of drug-likeness (QED) is 0.393. The first-order valence-electron chi connectivity index (χ1n) is 5.42. The fraction of sp³-hybridized carbons (Fsp3) is 0.538. The highest BCUT2D eigenvalue weighted by Gasteiger charge is 1.98. The molecule has 88 valence electrons. The molecule has 0 aliphatic heterocycles. The van der Waals surface area contributed by atoms with Crippen molar-refractivity contribution in [3.05, 3.63) is 12.2 Å². The molecular weight excluding hydrogens is 204 g/mol. The SMILES string of the molecule is CCC#CCCC(=O)CCC=CC(=O)OC. The minimum absolute atomic E-state index is 0.180. The van der Waals surface area contributed by atoms with Crippen LogP contribution in [0, 0.1) is 11.8 Å². The van der Waals surface area contributed by atoms with Gasteiger partial charge in [-0.05, 0) is 6.42 Å². The van der Waals surface area contributed by atoms with Crippen LogP contribution in [-0.2, 0) is 14.3 Å². The van der Waals surface area contributed by atoms with Crippen molar-refractivity contribution in [2.24, 2.45) is 0 Å². The van der Waals surface area contributed by atoms with Gasteiger partial charge in [-0.15, -0.1) is 11.8 Å². The maximum Gasteiger partial charge on any atom is 0.330 e. The van der Waals surface area contributed by atoms with Crippen molar-refractivity contribution in [2.75, 3.05) is 7.11 Å². The van der Waals surface area contributed by atoms with Gasteiger partial charge >= 0.3 is 5.97 Å². The van der Waals surface area contributed by atoms with Crippen molar-refractivity contribution < 1.29 is 14.3 Å². The van der Waals surface area contributed by atoms with Crippen molar-refractivity contribution in [3.63, 3.8) is 0 Å². The van der Waals surface area contributed by atoms with E-state index in [4.69, 9.17) is 0 Å². The first kappa shape index (κ1) is 14.4. The van der Waals surface area contributed by atoms with E-state index in [-0.39, 0.29) is 11.8 Å². The summed E-state index contributed by atoms with van der Waals surface area (Å²) in [6.07, 6.45) is 5.99. The summed E-state index contributed by atoms with van der Waals surface area (Å²) in [5.74, 6) is 5.63. The number of ketones is 1. The van der Waals surface area contributed by atoms with Gasteiger partial charge in [0.15, 0.2) is 0 Å². The minimum atomic E-state index is -0.388. The predicted octanol–water partition coefficient (Wildman–Crippen LogP) is 2.26. The van der Waals surface area contributed by atoms with E-state index < -0.39 is 0 Å². The van der Waals surface area contributed by atoms with E-state index in [0.717, 1.165) is 6.42 Å². The van der Waals surface area contributed by atoms with Crippen LogP contribution in [0.2, 0.25) is 0 Å².